The molecule has 0 aromatic heterocycles. The zero-order valence-corrected chi connectivity index (χ0v) is 11.0. The Labute approximate surface area is 112 Å². The van der Waals surface area contributed by atoms with Gasteiger partial charge in [-0.1, -0.05) is 25.0 Å². The third kappa shape index (κ3) is 3.77. The van der Waals surface area contributed by atoms with E-state index in [1.807, 2.05) is 0 Å². The lowest BCUT2D eigenvalue weighted by Crippen LogP contribution is -2.38. The largest absolute Gasteiger partial charge is 0.396 e. The maximum Gasteiger partial charge on any atom is 0.224 e. The molecule has 1 aromatic carbocycles. The molecule has 0 aliphatic heterocycles. The fourth-order valence-electron chi connectivity index (χ4n) is 2.65. The van der Waals surface area contributed by atoms with Gasteiger partial charge in [-0.05, 0) is 30.5 Å². The molecule has 0 atom stereocenters. The topological polar surface area (TPSA) is 49.3 Å². The first kappa shape index (κ1) is 14.0. The highest BCUT2D eigenvalue weighted by Crippen LogP contribution is 2.36. The predicted molar refractivity (Wildman–Crippen MR) is 71.1 cm³/mol. The lowest BCUT2D eigenvalue weighted by Gasteiger charge is -2.26. The quantitative estimate of drug-likeness (QED) is 0.856. The van der Waals surface area contributed by atoms with Crippen molar-refractivity contribution in [2.24, 2.45) is 5.41 Å². The Morgan fingerprint density at radius 3 is 2.47 bits per heavy atom. The first-order chi connectivity index (χ1) is 9.13. The van der Waals surface area contributed by atoms with Crippen molar-refractivity contribution >= 4 is 5.91 Å². The Bertz CT molecular complexity index is 424. The third-order valence-electron chi connectivity index (χ3n) is 3.94. The van der Waals surface area contributed by atoms with Crippen LogP contribution in [-0.4, -0.2) is 24.2 Å². The van der Waals surface area contributed by atoms with Gasteiger partial charge in [0.25, 0.3) is 0 Å². The summed E-state index contributed by atoms with van der Waals surface area (Å²) in [6.45, 7) is 0.660. The molecular weight excluding hydrogens is 245 g/mol. The SMILES string of the molecule is O=C(Cc1ccc(F)cc1)NCC1(CO)CCCC1. The summed E-state index contributed by atoms with van der Waals surface area (Å²) in [4.78, 5) is 11.8. The van der Waals surface area contributed by atoms with Crippen molar-refractivity contribution in [3.63, 3.8) is 0 Å². The molecule has 0 radical (unpaired) electrons. The van der Waals surface area contributed by atoms with E-state index in [4.69, 9.17) is 0 Å². The van der Waals surface area contributed by atoms with Crippen molar-refractivity contribution in [3.05, 3.63) is 35.6 Å². The molecule has 2 N–H and O–H groups in total. The second kappa shape index (κ2) is 6.15. The Balaban J connectivity index is 1.82. The smallest absolute Gasteiger partial charge is 0.224 e. The van der Waals surface area contributed by atoms with Gasteiger partial charge in [-0.2, -0.15) is 0 Å². The summed E-state index contributed by atoms with van der Waals surface area (Å²) in [6.07, 6.45) is 4.44. The van der Waals surface area contributed by atoms with E-state index in [0.717, 1.165) is 31.2 Å². The molecule has 0 saturated heterocycles. The molecule has 3 nitrogen and oxygen atoms in total. The lowest BCUT2D eigenvalue weighted by molar-refractivity contribution is -0.121. The lowest BCUT2D eigenvalue weighted by atomic mass is 9.87. The van der Waals surface area contributed by atoms with Crippen LogP contribution in [0.3, 0.4) is 0 Å². The van der Waals surface area contributed by atoms with E-state index in [-0.39, 0.29) is 30.2 Å². The van der Waals surface area contributed by atoms with Crippen LogP contribution in [0.4, 0.5) is 4.39 Å². The van der Waals surface area contributed by atoms with Gasteiger partial charge >= 0.3 is 0 Å². The molecule has 0 heterocycles. The number of aliphatic hydroxyl groups excluding tert-OH is 1. The number of hydrogen-bond acceptors (Lipinski definition) is 2. The van der Waals surface area contributed by atoms with Crippen LogP contribution in [0.15, 0.2) is 24.3 Å². The van der Waals surface area contributed by atoms with Crippen molar-refractivity contribution in [2.45, 2.75) is 32.1 Å². The number of amides is 1. The van der Waals surface area contributed by atoms with Crippen LogP contribution in [0.2, 0.25) is 0 Å². The van der Waals surface area contributed by atoms with Crippen LogP contribution in [-0.2, 0) is 11.2 Å². The number of aliphatic hydroxyl groups is 1. The van der Waals surface area contributed by atoms with E-state index in [1.54, 1.807) is 12.1 Å². The van der Waals surface area contributed by atoms with Crippen molar-refractivity contribution in [1.82, 2.24) is 5.32 Å². The zero-order chi connectivity index (χ0) is 13.7. The summed E-state index contributed by atoms with van der Waals surface area (Å²) >= 11 is 0. The maximum absolute atomic E-state index is 12.7. The molecule has 1 saturated carbocycles. The minimum Gasteiger partial charge on any atom is -0.396 e. The third-order valence-corrected chi connectivity index (χ3v) is 3.94. The summed E-state index contributed by atoms with van der Waals surface area (Å²) in [5, 5.41) is 12.3. The fourth-order valence-corrected chi connectivity index (χ4v) is 2.65. The van der Waals surface area contributed by atoms with E-state index in [2.05, 4.69) is 5.32 Å². The number of benzene rings is 1. The minimum atomic E-state index is -0.297. The second-order valence-corrected chi connectivity index (χ2v) is 5.45. The standard InChI is InChI=1S/C15H20FNO2/c16-13-5-3-12(4-6-13)9-14(19)17-10-15(11-18)7-1-2-8-15/h3-6,18H,1-2,7-11H2,(H,17,19). The second-order valence-electron chi connectivity index (χ2n) is 5.45. The van der Waals surface area contributed by atoms with Crippen molar-refractivity contribution in [2.75, 3.05) is 13.2 Å². The normalized spacial score (nSPS) is 17.4. The Hall–Kier alpha value is -1.42. The highest BCUT2D eigenvalue weighted by Gasteiger charge is 2.33. The summed E-state index contributed by atoms with van der Waals surface area (Å²) in [7, 11) is 0. The van der Waals surface area contributed by atoms with Gasteiger partial charge in [-0.25, -0.2) is 4.39 Å². The molecule has 104 valence electrons. The van der Waals surface area contributed by atoms with E-state index in [1.165, 1.54) is 12.1 Å². The van der Waals surface area contributed by atoms with Crippen LogP contribution < -0.4 is 5.32 Å². The summed E-state index contributed by atoms with van der Waals surface area (Å²) in [6, 6.07) is 5.95. The van der Waals surface area contributed by atoms with Crippen LogP contribution >= 0.6 is 0 Å². The molecule has 19 heavy (non-hydrogen) atoms. The number of carbonyl (C=O) groups excluding carboxylic acids is 1. The zero-order valence-electron chi connectivity index (χ0n) is 11.0. The van der Waals surface area contributed by atoms with Gasteiger partial charge in [0.2, 0.25) is 5.91 Å². The van der Waals surface area contributed by atoms with Crippen LogP contribution in [0.25, 0.3) is 0 Å². The Morgan fingerprint density at radius 1 is 1.26 bits per heavy atom. The number of carbonyl (C=O) groups is 1. The summed E-state index contributed by atoms with van der Waals surface area (Å²) in [5.74, 6) is -0.374. The van der Waals surface area contributed by atoms with Crippen LogP contribution in [0, 0.1) is 11.2 Å². The van der Waals surface area contributed by atoms with Gasteiger partial charge in [-0.3, -0.25) is 4.79 Å². The first-order valence-corrected chi connectivity index (χ1v) is 6.76. The molecule has 4 heteroatoms. The van der Waals surface area contributed by atoms with Crippen LogP contribution in [0.1, 0.15) is 31.2 Å². The molecule has 0 unspecified atom stereocenters. The fraction of sp³-hybridized carbons (Fsp3) is 0.533. The van der Waals surface area contributed by atoms with Gasteiger partial charge in [0.15, 0.2) is 0 Å². The van der Waals surface area contributed by atoms with Crippen molar-refractivity contribution in [3.8, 4) is 0 Å². The minimum absolute atomic E-state index is 0.0775. The molecule has 1 aliphatic rings. The van der Waals surface area contributed by atoms with Gasteiger partial charge in [-0.15, -0.1) is 0 Å². The van der Waals surface area contributed by atoms with E-state index in [0.29, 0.717) is 6.54 Å². The number of rotatable bonds is 5. The Kier molecular flexibility index (Phi) is 4.53. The number of hydrogen-bond donors (Lipinski definition) is 2. The molecule has 1 fully saturated rings. The predicted octanol–water partition coefficient (Wildman–Crippen LogP) is 2.04. The highest BCUT2D eigenvalue weighted by atomic mass is 19.1. The summed E-state index contributed by atoms with van der Waals surface area (Å²) < 4.78 is 12.7. The molecule has 1 aromatic rings. The average Bonchev–Trinajstić information content (AvgIpc) is 2.89. The average molecular weight is 265 g/mol. The van der Waals surface area contributed by atoms with Crippen LogP contribution in [0.5, 0.6) is 0 Å². The number of halogens is 1. The van der Waals surface area contributed by atoms with Crippen molar-refractivity contribution in [1.29, 1.82) is 0 Å². The highest BCUT2D eigenvalue weighted by molar-refractivity contribution is 5.78. The van der Waals surface area contributed by atoms with E-state index >= 15 is 0 Å². The molecule has 1 aliphatic carbocycles. The molecule has 1 amide bonds. The van der Waals surface area contributed by atoms with Crippen molar-refractivity contribution < 1.29 is 14.3 Å². The molecule has 2 rings (SSSR count). The van der Waals surface area contributed by atoms with Gasteiger partial charge in [0.1, 0.15) is 5.82 Å². The Morgan fingerprint density at radius 2 is 1.89 bits per heavy atom. The van der Waals surface area contributed by atoms with Gasteiger partial charge < -0.3 is 10.4 Å². The maximum atomic E-state index is 12.7. The summed E-state index contributed by atoms with van der Waals surface area (Å²) in [5.41, 5.74) is 0.668. The van der Waals surface area contributed by atoms with E-state index < -0.39 is 0 Å². The molecular formula is C15H20FNO2. The molecule has 0 bridgehead atoms. The monoisotopic (exact) mass is 265 g/mol. The van der Waals surface area contributed by atoms with Gasteiger partial charge in [0, 0.05) is 12.0 Å². The van der Waals surface area contributed by atoms with E-state index in [9.17, 15) is 14.3 Å². The number of nitrogens with one attached hydrogen (secondary N) is 1. The molecule has 0 spiro atoms. The first-order valence-electron chi connectivity index (χ1n) is 6.76. The van der Waals surface area contributed by atoms with Gasteiger partial charge in [0.05, 0.1) is 13.0 Å².